The van der Waals surface area contributed by atoms with E-state index in [0.29, 0.717) is 25.5 Å². The van der Waals surface area contributed by atoms with Gasteiger partial charge in [0.2, 0.25) is 5.91 Å². The minimum absolute atomic E-state index is 0.0285. The number of hydrogen-bond donors (Lipinski definition) is 4. The van der Waals surface area contributed by atoms with Gasteiger partial charge in [0.05, 0.1) is 6.54 Å². The Balaban J connectivity index is 2.48. The summed E-state index contributed by atoms with van der Waals surface area (Å²) in [5, 5.41) is 21.5. The van der Waals surface area contributed by atoms with E-state index in [9.17, 15) is 9.90 Å². The van der Waals surface area contributed by atoms with E-state index in [1.54, 1.807) is 6.92 Å². The third-order valence-electron chi connectivity index (χ3n) is 3.16. The molecule has 0 saturated heterocycles. The van der Waals surface area contributed by atoms with Gasteiger partial charge in [0, 0.05) is 30.9 Å². The smallest absolute Gasteiger partial charge is 0.221 e. The molecule has 0 aliphatic heterocycles. The number of rotatable bonds is 9. The van der Waals surface area contributed by atoms with E-state index in [0.717, 1.165) is 17.8 Å². The van der Waals surface area contributed by atoms with Gasteiger partial charge in [-0.1, -0.05) is 13.0 Å². The van der Waals surface area contributed by atoms with Crippen LogP contribution in [-0.4, -0.2) is 43.2 Å². The van der Waals surface area contributed by atoms with Gasteiger partial charge in [-0.05, 0) is 31.7 Å². The third-order valence-corrected chi connectivity index (χ3v) is 4.28. The maximum Gasteiger partial charge on any atom is 0.221 e. The van der Waals surface area contributed by atoms with Crippen molar-refractivity contribution in [2.45, 2.75) is 39.2 Å². The fourth-order valence-corrected chi connectivity index (χ4v) is 2.66. The van der Waals surface area contributed by atoms with Gasteiger partial charge in [-0.2, -0.15) is 0 Å². The predicted octanol–water partition coefficient (Wildman–Crippen LogP) is 1.43. The Morgan fingerprint density at radius 2 is 2.09 bits per heavy atom. The molecule has 0 spiro atoms. The molecule has 23 heavy (non-hydrogen) atoms. The van der Waals surface area contributed by atoms with E-state index < -0.39 is 5.60 Å². The first kappa shape index (κ1) is 19.4. The maximum absolute atomic E-state index is 11.6. The molecule has 0 fully saturated rings. The average Bonchev–Trinajstić information content (AvgIpc) is 3.06. The van der Waals surface area contributed by atoms with Gasteiger partial charge in [0.15, 0.2) is 5.96 Å². The van der Waals surface area contributed by atoms with Crippen LogP contribution in [0.2, 0.25) is 0 Å². The fourth-order valence-electron chi connectivity index (χ4n) is 1.88. The summed E-state index contributed by atoms with van der Waals surface area (Å²) in [6, 6.07) is 3.81. The van der Waals surface area contributed by atoms with Crippen molar-refractivity contribution in [3.63, 3.8) is 0 Å². The first-order valence-electron chi connectivity index (χ1n) is 8.04. The van der Waals surface area contributed by atoms with Crippen LogP contribution in [0.3, 0.4) is 0 Å². The van der Waals surface area contributed by atoms with Crippen LogP contribution in [-0.2, 0) is 10.4 Å². The topological polar surface area (TPSA) is 85.8 Å². The van der Waals surface area contributed by atoms with Crippen LogP contribution in [0, 0.1) is 0 Å². The monoisotopic (exact) mass is 340 g/mol. The van der Waals surface area contributed by atoms with Crippen molar-refractivity contribution in [1.82, 2.24) is 16.0 Å². The van der Waals surface area contributed by atoms with Gasteiger partial charge in [-0.3, -0.25) is 4.79 Å². The molecule has 1 unspecified atom stereocenters. The number of hydrogen-bond acceptors (Lipinski definition) is 4. The lowest BCUT2D eigenvalue weighted by molar-refractivity contribution is -0.120. The summed E-state index contributed by atoms with van der Waals surface area (Å²) in [5.74, 6) is 0.633. The van der Waals surface area contributed by atoms with Gasteiger partial charge >= 0.3 is 0 Å². The summed E-state index contributed by atoms with van der Waals surface area (Å²) in [4.78, 5) is 16.9. The van der Waals surface area contributed by atoms with Crippen LogP contribution in [0.4, 0.5) is 0 Å². The molecule has 1 atom stereocenters. The zero-order chi connectivity index (χ0) is 17.1. The van der Waals surface area contributed by atoms with Crippen molar-refractivity contribution in [2.75, 3.05) is 26.2 Å². The highest BCUT2D eigenvalue weighted by molar-refractivity contribution is 7.10. The van der Waals surface area contributed by atoms with Gasteiger partial charge in [0.25, 0.3) is 0 Å². The van der Waals surface area contributed by atoms with E-state index in [1.807, 2.05) is 31.4 Å². The Kier molecular flexibility index (Phi) is 8.65. The van der Waals surface area contributed by atoms with Gasteiger partial charge in [-0.25, -0.2) is 4.99 Å². The molecule has 0 aromatic carbocycles. The molecule has 0 saturated carbocycles. The number of carbonyl (C=O) groups is 1. The molecule has 0 radical (unpaired) electrons. The van der Waals surface area contributed by atoms with E-state index in [-0.39, 0.29) is 12.5 Å². The Morgan fingerprint density at radius 3 is 2.70 bits per heavy atom. The van der Waals surface area contributed by atoms with Crippen molar-refractivity contribution in [1.29, 1.82) is 0 Å². The van der Waals surface area contributed by atoms with Crippen molar-refractivity contribution in [3.05, 3.63) is 22.4 Å². The molecular formula is C16H28N4O2S. The molecule has 4 N–H and O–H groups in total. The number of carbonyl (C=O) groups excluding carboxylic acids is 1. The second-order valence-electron chi connectivity index (χ2n) is 5.47. The zero-order valence-corrected chi connectivity index (χ0v) is 15.0. The quantitative estimate of drug-likeness (QED) is 0.405. The number of thiophene rings is 1. The Morgan fingerprint density at radius 1 is 1.30 bits per heavy atom. The largest absolute Gasteiger partial charge is 0.383 e. The number of guanidine groups is 1. The lowest BCUT2D eigenvalue weighted by Crippen LogP contribution is -2.40. The second kappa shape index (κ2) is 10.2. The predicted molar refractivity (Wildman–Crippen MR) is 95.8 cm³/mol. The van der Waals surface area contributed by atoms with Gasteiger partial charge in [0.1, 0.15) is 5.60 Å². The Hall–Kier alpha value is -1.60. The lowest BCUT2D eigenvalue weighted by atomic mass is 10.1. The SMILES string of the molecule is CCCNC(=O)CCNC(=NCC(C)(O)c1cccs1)NCC. The minimum atomic E-state index is -0.991. The van der Waals surface area contributed by atoms with Crippen LogP contribution in [0.15, 0.2) is 22.5 Å². The van der Waals surface area contributed by atoms with Gasteiger partial charge < -0.3 is 21.1 Å². The number of amides is 1. The second-order valence-corrected chi connectivity index (χ2v) is 6.42. The molecule has 1 amide bonds. The average molecular weight is 340 g/mol. The molecule has 1 heterocycles. The molecule has 130 valence electrons. The van der Waals surface area contributed by atoms with Gasteiger partial charge in [-0.15, -0.1) is 11.3 Å². The number of aliphatic imine (C=N–C) groups is 1. The summed E-state index contributed by atoms with van der Waals surface area (Å²) in [6.07, 6.45) is 1.33. The molecule has 1 aromatic heterocycles. The minimum Gasteiger partial charge on any atom is -0.383 e. The van der Waals surface area contributed by atoms with Crippen LogP contribution < -0.4 is 16.0 Å². The lowest BCUT2D eigenvalue weighted by Gasteiger charge is -2.20. The summed E-state index contributed by atoms with van der Waals surface area (Å²) < 4.78 is 0. The molecule has 0 aliphatic rings. The fraction of sp³-hybridized carbons (Fsp3) is 0.625. The number of aliphatic hydroxyl groups is 1. The van der Waals surface area contributed by atoms with E-state index in [1.165, 1.54) is 11.3 Å². The van der Waals surface area contributed by atoms with E-state index in [2.05, 4.69) is 20.9 Å². The molecule has 6 nitrogen and oxygen atoms in total. The molecule has 1 aromatic rings. The molecule has 0 aliphatic carbocycles. The zero-order valence-electron chi connectivity index (χ0n) is 14.2. The van der Waals surface area contributed by atoms with Crippen molar-refractivity contribution >= 4 is 23.2 Å². The summed E-state index contributed by atoms with van der Waals surface area (Å²) in [5.41, 5.74) is -0.991. The Bertz CT molecular complexity index is 486. The molecule has 7 heteroatoms. The van der Waals surface area contributed by atoms with Crippen molar-refractivity contribution in [3.8, 4) is 0 Å². The summed E-state index contributed by atoms with van der Waals surface area (Å²) in [6.45, 7) is 7.93. The molecular weight excluding hydrogens is 312 g/mol. The van der Waals surface area contributed by atoms with Crippen LogP contribution in [0.1, 0.15) is 38.5 Å². The first-order chi connectivity index (χ1) is 11.0. The molecule has 1 rings (SSSR count). The number of nitrogens with one attached hydrogen (secondary N) is 3. The van der Waals surface area contributed by atoms with Crippen LogP contribution >= 0.6 is 11.3 Å². The van der Waals surface area contributed by atoms with Crippen molar-refractivity contribution in [2.24, 2.45) is 4.99 Å². The summed E-state index contributed by atoms with van der Waals surface area (Å²) >= 11 is 1.51. The first-order valence-corrected chi connectivity index (χ1v) is 8.92. The highest BCUT2D eigenvalue weighted by Gasteiger charge is 2.23. The van der Waals surface area contributed by atoms with E-state index in [4.69, 9.17) is 0 Å². The van der Waals surface area contributed by atoms with Crippen LogP contribution in [0.5, 0.6) is 0 Å². The van der Waals surface area contributed by atoms with E-state index >= 15 is 0 Å². The third kappa shape index (κ3) is 7.47. The maximum atomic E-state index is 11.6. The van der Waals surface area contributed by atoms with Crippen LogP contribution in [0.25, 0.3) is 0 Å². The standard InChI is InChI=1S/C16H28N4O2S/c1-4-9-18-14(21)8-10-19-15(17-5-2)20-12-16(3,22)13-7-6-11-23-13/h6-7,11,22H,4-5,8-10,12H2,1-3H3,(H,18,21)(H2,17,19,20). The van der Waals surface area contributed by atoms with Crippen molar-refractivity contribution < 1.29 is 9.90 Å². The highest BCUT2D eigenvalue weighted by Crippen LogP contribution is 2.25. The molecule has 0 bridgehead atoms. The summed E-state index contributed by atoms with van der Waals surface area (Å²) in [7, 11) is 0. The normalized spacial score (nSPS) is 14.2. The Labute approximate surface area is 142 Å². The number of nitrogens with zero attached hydrogens (tertiary/aromatic N) is 1. The highest BCUT2D eigenvalue weighted by atomic mass is 32.1.